The monoisotopic (exact) mass is 390 g/mol. The summed E-state index contributed by atoms with van der Waals surface area (Å²) in [6, 6.07) is 0. The molecule has 0 unspecified atom stereocenters. The molecule has 0 heterocycles. The Morgan fingerprint density at radius 1 is 0.385 bits per heavy atom. The van der Waals surface area contributed by atoms with Crippen molar-refractivity contribution in [2.45, 2.75) is 111 Å². The third kappa shape index (κ3) is 15.1. The zero-order valence-corrected chi connectivity index (χ0v) is 19.2. The van der Waals surface area contributed by atoms with E-state index in [0.717, 1.165) is 44.9 Å². The lowest BCUT2D eigenvalue weighted by Gasteiger charge is -2.28. The van der Waals surface area contributed by atoms with Gasteiger partial charge in [-0.1, -0.05) is 85.5 Å². The van der Waals surface area contributed by atoms with Crippen LogP contribution in [0.3, 0.4) is 0 Å². The predicted octanol–water partition coefficient (Wildman–Crippen LogP) is 6.64. The molecule has 0 aliphatic carbocycles. The summed E-state index contributed by atoms with van der Waals surface area (Å²) in [7, 11) is -2.99. The Morgan fingerprint density at radius 2 is 0.692 bits per heavy atom. The van der Waals surface area contributed by atoms with Crippen molar-refractivity contribution in [1.29, 1.82) is 0 Å². The van der Waals surface area contributed by atoms with Crippen molar-refractivity contribution in [3.8, 4) is 0 Å². The van der Waals surface area contributed by atoms with Crippen molar-refractivity contribution in [1.82, 2.24) is 0 Å². The molecule has 0 aromatic heterocycles. The van der Waals surface area contributed by atoms with E-state index in [-0.39, 0.29) is 0 Å². The van der Waals surface area contributed by atoms with E-state index in [9.17, 15) is 0 Å². The van der Waals surface area contributed by atoms with Gasteiger partial charge in [-0.3, -0.25) is 0 Å². The molecule has 4 nitrogen and oxygen atoms in total. The quantitative estimate of drug-likeness (QED) is 0.163. The van der Waals surface area contributed by atoms with Gasteiger partial charge in [-0.15, -0.1) is 0 Å². The fraction of sp³-hybridized carbons (Fsp3) is 1.00. The van der Waals surface area contributed by atoms with Gasteiger partial charge in [-0.25, -0.2) is 0 Å². The van der Waals surface area contributed by atoms with Gasteiger partial charge in [0.2, 0.25) is 0 Å². The van der Waals surface area contributed by atoms with E-state index in [0.29, 0.717) is 26.4 Å². The Labute approximate surface area is 164 Å². The molecule has 0 saturated carbocycles. The fourth-order valence-corrected chi connectivity index (χ4v) is 4.61. The second kappa shape index (κ2) is 19.8. The van der Waals surface area contributed by atoms with Crippen molar-refractivity contribution < 1.29 is 17.7 Å². The van der Waals surface area contributed by atoms with Gasteiger partial charge in [-0.2, -0.15) is 0 Å². The molecular weight excluding hydrogens is 344 g/mol. The highest BCUT2D eigenvalue weighted by atomic mass is 28.4. The van der Waals surface area contributed by atoms with Crippen LogP contribution in [0.15, 0.2) is 0 Å². The molecule has 0 N–H and O–H groups in total. The van der Waals surface area contributed by atoms with E-state index in [2.05, 4.69) is 27.7 Å². The second-order valence-electron chi connectivity index (χ2n) is 7.08. The molecule has 0 aliphatic rings. The Hall–Kier alpha value is 0.0569. The minimum absolute atomic E-state index is 0.665. The molecule has 26 heavy (non-hydrogen) atoms. The van der Waals surface area contributed by atoms with Gasteiger partial charge in [0.25, 0.3) is 0 Å². The minimum Gasteiger partial charge on any atom is -0.351 e. The van der Waals surface area contributed by atoms with Crippen molar-refractivity contribution in [3.05, 3.63) is 0 Å². The molecule has 0 amide bonds. The van der Waals surface area contributed by atoms with Crippen LogP contribution in [-0.4, -0.2) is 35.5 Å². The summed E-state index contributed by atoms with van der Waals surface area (Å²) in [6.07, 6.45) is 15.3. The van der Waals surface area contributed by atoms with E-state index in [1.165, 1.54) is 38.5 Å². The molecule has 0 rings (SSSR count). The first kappa shape index (κ1) is 26.1. The third-order valence-electron chi connectivity index (χ3n) is 4.36. The van der Waals surface area contributed by atoms with E-state index in [1.54, 1.807) is 0 Å². The first-order valence-corrected chi connectivity index (χ1v) is 12.9. The van der Waals surface area contributed by atoms with Crippen LogP contribution in [0, 0.1) is 0 Å². The normalized spacial score (nSPS) is 12.0. The van der Waals surface area contributed by atoms with Crippen LogP contribution in [0.4, 0.5) is 0 Å². The van der Waals surface area contributed by atoms with Crippen LogP contribution in [0.5, 0.6) is 0 Å². The van der Waals surface area contributed by atoms with Gasteiger partial charge in [-0.05, 0) is 25.7 Å². The standard InChI is InChI=1S/C21H46O4Si/c1-5-9-13-14-15-16-17-21-25-26(22-18-10-6-2,23-19-11-7-3)24-20-12-8-4/h5-21H2,1-4H3. The molecule has 0 fully saturated rings. The Morgan fingerprint density at radius 3 is 1.08 bits per heavy atom. The summed E-state index contributed by atoms with van der Waals surface area (Å²) in [5.74, 6) is 0. The summed E-state index contributed by atoms with van der Waals surface area (Å²) in [4.78, 5) is 0. The van der Waals surface area contributed by atoms with Crippen LogP contribution in [0.2, 0.25) is 0 Å². The maximum atomic E-state index is 6.17. The average Bonchev–Trinajstić information content (AvgIpc) is 2.64. The molecule has 0 bridgehead atoms. The molecule has 0 saturated heterocycles. The van der Waals surface area contributed by atoms with Crippen molar-refractivity contribution in [3.63, 3.8) is 0 Å². The van der Waals surface area contributed by atoms with Crippen LogP contribution >= 0.6 is 0 Å². The van der Waals surface area contributed by atoms with Crippen molar-refractivity contribution >= 4 is 9.05 Å². The second-order valence-corrected chi connectivity index (χ2v) is 9.23. The Balaban J connectivity index is 4.38. The molecule has 0 aromatic carbocycles. The smallest absolute Gasteiger partial charge is 0.351 e. The van der Waals surface area contributed by atoms with Gasteiger partial charge in [0.05, 0.1) is 0 Å². The summed E-state index contributed by atoms with van der Waals surface area (Å²) < 4.78 is 24.5. The molecule has 0 aromatic rings. The Kier molecular flexibility index (Phi) is 19.9. The molecule has 5 heteroatoms. The van der Waals surface area contributed by atoms with E-state index < -0.39 is 9.05 Å². The minimum atomic E-state index is -2.99. The topological polar surface area (TPSA) is 36.9 Å². The molecule has 158 valence electrons. The predicted molar refractivity (Wildman–Crippen MR) is 112 cm³/mol. The lowest BCUT2D eigenvalue weighted by Crippen LogP contribution is -2.50. The highest BCUT2D eigenvalue weighted by molar-refractivity contribution is 6.53. The Bertz CT molecular complexity index is 250. The largest absolute Gasteiger partial charge is 0.679 e. The maximum Gasteiger partial charge on any atom is 0.679 e. The highest BCUT2D eigenvalue weighted by Crippen LogP contribution is 2.16. The van der Waals surface area contributed by atoms with Gasteiger partial charge >= 0.3 is 9.05 Å². The first-order valence-electron chi connectivity index (χ1n) is 11.3. The molecule has 0 radical (unpaired) electrons. The lowest BCUT2D eigenvalue weighted by molar-refractivity contribution is -0.0370. The average molecular weight is 391 g/mol. The van der Waals surface area contributed by atoms with Gasteiger partial charge < -0.3 is 17.7 Å². The SMILES string of the molecule is CCCCCCCCCO[Si](OCCCC)(OCCCC)OCCCC. The van der Waals surface area contributed by atoms with Crippen LogP contribution in [0.1, 0.15) is 111 Å². The van der Waals surface area contributed by atoms with Crippen molar-refractivity contribution in [2.24, 2.45) is 0 Å². The summed E-state index contributed by atoms with van der Waals surface area (Å²) in [5, 5.41) is 0. The number of rotatable bonds is 21. The first-order chi connectivity index (χ1) is 12.7. The van der Waals surface area contributed by atoms with Crippen LogP contribution in [0.25, 0.3) is 0 Å². The molecule has 0 aliphatic heterocycles. The highest BCUT2D eigenvalue weighted by Gasteiger charge is 2.45. The molecule has 0 spiro atoms. The van der Waals surface area contributed by atoms with Gasteiger partial charge in [0, 0.05) is 26.4 Å². The number of hydrogen-bond acceptors (Lipinski definition) is 4. The van der Waals surface area contributed by atoms with Crippen molar-refractivity contribution in [2.75, 3.05) is 26.4 Å². The summed E-state index contributed by atoms with van der Waals surface area (Å²) >= 11 is 0. The maximum absolute atomic E-state index is 6.17. The number of hydrogen-bond donors (Lipinski definition) is 0. The van der Waals surface area contributed by atoms with Crippen LogP contribution < -0.4 is 0 Å². The summed E-state index contributed by atoms with van der Waals surface area (Å²) in [5.41, 5.74) is 0. The fourth-order valence-electron chi connectivity index (χ4n) is 2.53. The molecular formula is C21H46O4Si. The van der Waals surface area contributed by atoms with E-state index in [1.807, 2.05) is 0 Å². The number of unbranched alkanes of at least 4 members (excludes halogenated alkanes) is 9. The van der Waals surface area contributed by atoms with Gasteiger partial charge in [0.1, 0.15) is 0 Å². The van der Waals surface area contributed by atoms with E-state index >= 15 is 0 Å². The lowest BCUT2D eigenvalue weighted by atomic mass is 10.1. The van der Waals surface area contributed by atoms with Gasteiger partial charge in [0.15, 0.2) is 0 Å². The van der Waals surface area contributed by atoms with Crippen LogP contribution in [-0.2, 0) is 17.7 Å². The third-order valence-corrected chi connectivity index (χ3v) is 6.59. The zero-order valence-electron chi connectivity index (χ0n) is 18.2. The summed E-state index contributed by atoms with van der Waals surface area (Å²) in [6.45, 7) is 11.4. The molecule has 0 atom stereocenters. The van der Waals surface area contributed by atoms with E-state index in [4.69, 9.17) is 17.7 Å². The zero-order chi connectivity index (χ0) is 19.3.